The van der Waals surface area contributed by atoms with E-state index in [1.807, 2.05) is 27.7 Å². The Labute approximate surface area is 125 Å². The molecule has 0 unspecified atom stereocenters. The monoisotopic (exact) mass is 297 g/mol. The molecule has 0 aliphatic carbocycles. The molecule has 0 saturated carbocycles. The molecule has 0 radical (unpaired) electrons. The smallest absolute Gasteiger partial charge is 0.312 e. The van der Waals surface area contributed by atoms with Crippen LogP contribution in [0.5, 0.6) is 0 Å². The lowest BCUT2D eigenvalue weighted by Crippen LogP contribution is -2.46. The number of benzene rings is 1. The first-order valence-corrected chi connectivity index (χ1v) is 6.69. The van der Waals surface area contributed by atoms with Crippen molar-refractivity contribution in [1.82, 2.24) is 0 Å². The molecule has 0 amide bonds. The molecule has 1 rings (SSSR count). The van der Waals surface area contributed by atoms with Gasteiger partial charge in [-0.2, -0.15) is 12.6 Å². The fourth-order valence-electron chi connectivity index (χ4n) is 1.42. The van der Waals surface area contributed by atoms with Crippen molar-refractivity contribution in [3.63, 3.8) is 0 Å². The minimum atomic E-state index is -0.592. The lowest BCUT2D eigenvalue weighted by atomic mass is 9.82. The predicted octanol–water partition coefficient (Wildman–Crippen LogP) is 1.17. The summed E-state index contributed by atoms with van der Waals surface area (Å²) in [5.41, 5.74) is 10.8. The van der Waals surface area contributed by atoms with Crippen molar-refractivity contribution in [2.24, 2.45) is 5.73 Å². The minimum Gasteiger partial charge on any atom is -0.428 e. The van der Waals surface area contributed by atoms with Crippen molar-refractivity contribution < 1.29 is 9.04 Å². The molecule has 7 heteroatoms. The summed E-state index contributed by atoms with van der Waals surface area (Å²) in [6.45, 7) is 7.65. The lowest BCUT2D eigenvalue weighted by molar-refractivity contribution is 0.0853. The number of anilines is 1. The topological polar surface area (TPSA) is 85.1 Å². The van der Waals surface area contributed by atoms with Gasteiger partial charge in [0.05, 0.1) is 11.3 Å². The molecular weight excluding hydrogens is 276 g/mol. The highest BCUT2D eigenvalue weighted by atomic mass is 32.1. The van der Waals surface area contributed by atoms with Gasteiger partial charge in [-0.1, -0.05) is 6.07 Å². The molecule has 1 aromatic rings. The van der Waals surface area contributed by atoms with Crippen LogP contribution in [0.4, 0.5) is 10.1 Å². The van der Waals surface area contributed by atoms with E-state index >= 15 is 0 Å². The summed E-state index contributed by atoms with van der Waals surface area (Å²) in [5, 5.41) is 7.32. The third kappa shape index (κ3) is 3.46. The molecule has 0 fully saturated rings. The van der Waals surface area contributed by atoms with E-state index in [4.69, 9.17) is 21.5 Å². The van der Waals surface area contributed by atoms with E-state index in [0.717, 1.165) is 0 Å². The van der Waals surface area contributed by atoms with Crippen LogP contribution in [0, 0.1) is 11.2 Å². The maximum atomic E-state index is 14.1. The van der Waals surface area contributed by atoms with Gasteiger partial charge in [0.15, 0.2) is 0 Å². The van der Waals surface area contributed by atoms with E-state index in [1.54, 1.807) is 0 Å². The Bertz CT molecular complexity index is 529. The van der Waals surface area contributed by atoms with Gasteiger partial charge in [-0.25, -0.2) is 4.39 Å². The Balaban J connectivity index is 2.96. The molecule has 5 N–H and O–H groups in total. The third-order valence-corrected chi connectivity index (χ3v) is 4.15. The standard InChI is InChI=1S/C13H21BFN3OS/c1-12(2,13(3,4)20)19-14-8-6-5-7(11(17)18)10(16)9(8)15/h5-6,14,20H,16H2,1-4H3,(H3,17,18). The third-order valence-electron chi connectivity index (χ3n) is 3.61. The van der Waals surface area contributed by atoms with Gasteiger partial charge in [0.25, 0.3) is 0 Å². The molecule has 0 spiro atoms. The number of halogens is 1. The molecule has 0 saturated heterocycles. The van der Waals surface area contributed by atoms with Crippen molar-refractivity contribution in [1.29, 1.82) is 5.41 Å². The van der Waals surface area contributed by atoms with Gasteiger partial charge in [0.2, 0.25) is 0 Å². The van der Waals surface area contributed by atoms with Crippen LogP contribution in [0.1, 0.15) is 33.3 Å². The molecular formula is C13H21BFN3OS. The normalized spacial score (nSPS) is 12.3. The molecule has 0 aromatic heterocycles. The first-order valence-electron chi connectivity index (χ1n) is 6.25. The van der Waals surface area contributed by atoms with E-state index < -0.39 is 11.4 Å². The van der Waals surface area contributed by atoms with E-state index in [-0.39, 0.29) is 29.3 Å². The summed E-state index contributed by atoms with van der Waals surface area (Å²) in [4.78, 5) is 0. The molecule has 110 valence electrons. The molecule has 0 aliphatic heterocycles. The number of nitrogens with two attached hydrogens (primary N) is 2. The highest BCUT2D eigenvalue weighted by Crippen LogP contribution is 2.30. The van der Waals surface area contributed by atoms with Gasteiger partial charge >= 0.3 is 7.48 Å². The molecule has 0 aliphatic rings. The van der Waals surface area contributed by atoms with E-state index in [1.165, 1.54) is 12.1 Å². The second-order valence-electron chi connectivity index (χ2n) is 5.77. The summed E-state index contributed by atoms with van der Waals surface area (Å²) < 4.78 is 19.5. The van der Waals surface area contributed by atoms with E-state index in [9.17, 15) is 4.39 Å². The summed E-state index contributed by atoms with van der Waals surface area (Å²) in [6.07, 6.45) is 0. The summed E-state index contributed by atoms with van der Waals surface area (Å²) in [5.74, 6) is -0.851. The number of hydrogen-bond acceptors (Lipinski definition) is 4. The van der Waals surface area contributed by atoms with Crippen LogP contribution in [0.25, 0.3) is 0 Å². The first kappa shape index (κ1) is 16.8. The van der Waals surface area contributed by atoms with Crippen LogP contribution in [-0.4, -0.2) is 23.7 Å². The minimum absolute atomic E-state index is 0.0746. The summed E-state index contributed by atoms with van der Waals surface area (Å²) in [6, 6.07) is 3.06. The summed E-state index contributed by atoms with van der Waals surface area (Å²) in [7, 11) is 0.0746. The number of thiol groups is 1. The first-order chi connectivity index (χ1) is 8.97. The summed E-state index contributed by atoms with van der Waals surface area (Å²) >= 11 is 4.48. The van der Waals surface area contributed by atoms with Gasteiger partial charge in [0, 0.05) is 10.3 Å². The molecule has 1 aromatic carbocycles. The van der Waals surface area contributed by atoms with Crippen molar-refractivity contribution in [2.75, 3.05) is 5.73 Å². The second-order valence-corrected chi connectivity index (χ2v) is 6.89. The highest BCUT2D eigenvalue weighted by molar-refractivity contribution is 7.81. The van der Waals surface area contributed by atoms with Crippen LogP contribution in [0.3, 0.4) is 0 Å². The molecule has 20 heavy (non-hydrogen) atoms. The fraction of sp³-hybridized carbons (Fsp3) is 0.462. The number of nitrogens with one attached hydrogen (secondary N) is 1. The maximum absolute atomic E-state index is 14.1. The Kier molecular flexibility index (Phi) is 4.76. The number of rotatable bonds is 5. The highest BCUT2D eigenvalue weighted by Gasteiger charge is 2.34. The van der Waals surface area contributed by atoms with Gasteiger partial charge in [-0.05, 0) is 39.2 Å². The Hall–Kier alpha value is -1.21. The molecule has 4 nitrogen and oxygen atoms in total. The van der Waals surface area contributed by atoms with Crippen LogP contribution in [-0.2, 0) is 4.65 Å². The molecule has 0 heterocycles. The number of nitrogen functional groups attached to an aromatic ring is 2. The fourth-order valence-corrected chi connectivity index (χ4v) is 1.48. The lowest BCUT2D eigenvalue weighted by Gasteiger charge is -2.38. The Morgan fingerprint density at radius 1 is 1.35 bits per heavy atom. The molecule has 0 atom stereocenters. The SMILES string of the molecule is CC(C)(S)C(C)(C)OBc1ccc(C(=N)N)c(N)c1F. The second kappa shape index (κ2) is 5.65. The quantitative estimate of drug-likeness (QED) is 0.216. The zero-order valence-corrected chi connectivity index (χ0v) is 13.1. The van der Waals surface area contributed by atoms with Crippen LogP contribution in [0.2, 0.25) is 0 Å². The van der Waals surface area contributed by atoms with Crippen molar-refractivity contribution >= 4 is 37.1 Å². The molecule has 0 bridgehead atoms. The van der Waals surface area contributed by atoms with E-state index in [2.05, 4.69) is 12.6 Å². The van der Waals surface area contributed by atoms with Gasteiger partial charge in [-0.3, -0.25) is 5.41 Å². The largest absolute Gasteiger partial charge is 0.428 e. The number of amidine groups is 1. The van der Waals surface area contributed by atoms with Crippen LogP contribution >= 0.6 is 12.6 Å². The predicted molar refractivity (Wildman–Crippen MR) is 86.8 cm³/mol. The van der Waals surface area contributed by atoms with Crippen molar-refractivity contribution in [3.05, 3.63) is 23.5 Å². The van der Waals surface area contributed by atoms with Crippen LogP contribution < -0.4 is 16.9 Å². The van der Waals surface area contributed by atoms with Crippen LogP contribution in [0.15, 0.2) is 12.1 Å². The Morgan fingerprint density at radius 3 is 2.35 bits per heavy atom. The van der Waals surface area contributed by atoms with E-state index in [0.29, 0.717) is 5.46 Å². The van der Waals surface area contributed by atoms with Gasteiger partial charge in [-0.15, -0.1) is 0 Å². The number of hydrogen-bond donors (Lipinski definition) is 4. The Morgan fingerprint density at radius 2 is 1.90 bits per heavy atom. The van der Waals surface area contributed by atoms with Gasteiger partial charge in [0.1, 0.15) is 11.7 Å². The zero-order valence-electron chi connectivity index (χ0n) is 12.2. The maximum Gasteiger partial charge on any atom is 0.312 e. The van der Waals surface area contributed by atoms with Crippen molar-refractivity contribution in [3.8, 4) is 0 Å². The van der Waals surface area contributed by atoms with Crippen molar-refractivity contribution in [2.45, 2.75) is 38.0 Å². The average molecular weight is 297 g/mol. The zero-order chi connectivity index (χ0) is 15.7. The van der Waals surface area contributed by atoms with Gasteiger partial charge < -0.3 is 16.1 Å². The average Bonchev–Trinajstić information content (AvgIpc) is 2.29.